The van der Waals surface area contributed by atoms with Crippen LogP contribution in [0.1, 0.15) is 10.4 Å². The summed E-state index contributed by atoms with van der Waals surface area (Å²) in [6, 6.07) is 16.0. The Morgan fingerprint density at radius 3 is 2.72 bits per heavy atom. The number of carbonyl (C=O) groups is 1. The van der Waals surface area contributed by atoms with Gasteiger partial charge in [0.1, 0.15) is 5.76 Å². The maximum atomic E-state index is 12.6. The highest BCUT2D eigenvalue weighted by molar-refractivity contribution is 7.13. The fourth-order valence-corrected chi connectivity index (χ4v) is 3.14. The number of amides is 1. The normalized spacial score (nSPS) is 10.7. The Labute approximate surface area is 146 Å². The van der Waals surface area contributed by atoms with Crippen LogP contribution in [0.4, 0.5) is 5.13 Å². The van der Waals surface area contributed by atoms with Gasteiger partial charge in [0.25, 0.3) is 5.91 Å². The molecule has 2 heterocycles. The lowest BCUT2D eigenvalue weighted by Crippen LogP contribution is -2.13. The fourth-order valence-electron chi connectivity index (χ4n) is 2.61. The van der Waals surface area contributed by atoms with Crippen LogP contribution in [0.15, 0.2) is 75.4 Å². The van der Waals surface area contributed by atoms with Crippen molar-refractivity contribution in [3.8, 4) is 11.3 Å². The molecule has 1 N–H and O–H groups in total. The molecule has 0 aliphatic rings. The highest BCUT2D eigenvalue weighted by atomic mass is 32.1. The maximum Gasteiger partial charge on any atom is 0.344 e. The summed E-state index contributed by atoms with van der Waals surface area (Å²) >= 11 is 1.34. The molecule has 0 bridgehead atoms. The van der Waals surface area contributed by atoms with Crippen LogP contribution in [-0.2, 0) is 0 Å². The molecule has 4 aromatic rings. The van der Waals surface area contributed by atoms with Gasteiger partial charge in [0.05, 0.1) is 10.9 Å². The zero-order chi connectivity index (χ0) is 17.2. The summed E-state index contributed by atoms with van der Waals surface area (Å²) in [7, 11) is 0. The first-order chi connectivity index (χ1) is 12.2. The molecule has 6 heteroatoms. The lowest BCUT2D eigenvalue weighted by molar-refractivity contribution is 0.102. The number of aromatic nitrogens is 1. The van der Waals surface area contributed by atoms with E-state index in [2.05, 4.69) is 10.3 Å². The van der Waals surface area contributed by atoms with Crippen LogP contribution in [0.3, 0.4) is 0 Å². The van der Waals surface area contributed by atoms with Crippen LogP contribution in [-0.4, -0.2) is 10.9 Å². The van der Waals surface area contributed by atoms with Gasteiger partial charge >= 0.3 is 5.63 Å². The second-order valence-electron chi connectivity index (χ2n) is 5.32. The number of fused-ring (bicyclic) bond motifs is 1. The molecule has 2 aromatic carbocycles. The fraction of sp³-hybridized carbons (Fsp3) is 0. The molecule has 0 fully saturated rings. The molecule has 0 saturated carbocycles. The monoisotopic (exact) mass is 348 g/mol. The Kier molecular flexibility index (Phi) is 3.87. The van der Waals surface area contributed by atoms with Gasteiger partial charge in [0.15, 0.2) is 5.13 Å². The van der Waals surface area contributed by atoms with Gasteiger partial charge in [-0.3, -0.25) is 10.1 Å². The third-order valence-electron chi connectivity index (χ3n) is 3.76. The van der Waals surface area contributed by atoms with Gasteiger partial charge in [-0.1, -0.05) is 36.4 Å². The topological polar surface area (TPSA) is 72.2 Å². The minimum atomic E-state index is -0.428. The van der Waals surface area contributed by atoms with Crippen molar-refractivity contribution in [2.75, 3.05) is 5.32 Å². The predicted octanol–water partition coefficient (Wildman–Crippen LogP) is 4.17. The summed E-state index contributed by atoms with van der Waals surface area (Å²) in [5, 5.41) is 6.32. The molecule has 25 heavy (non-hydrogen) atoms. The number of rotatable bonds is 3. The van der Waals surface area contributed by atoms with Crippen LogP contribution in [0, 0.1) is 0 Å². The standard InChI is InChI=1S/C19H12N2O3S/c22-17(21-19-20-9-10-25-19)15-8-4-3-7-14(15)16-11-12-5-1-2-6-13(12)18(23)24-16/h1-11H,(H,20,21,22). The van der Waals surface area contributed by atoms with Gasteiger partial charge in [-0.15, -0.1) is 11.3 Å². The largest absolute Gasteiger partial charge is 0.422 e. The van der Waals surface area contributed by atoms with E-state index in [0.29, 0.717) is 27.4 Å². The number of nitrogens with zero attached hydrogens (tertiary/aromatic N) is 1. The summed E-state index contributed by atoms with van der Waals surface area (Å²) in [6.45, 7) is 0. The lowest BCUT2D eigenvalue weighted by Gasteiger charge is -2.08. The number of hydrogen-bond donors (Lipinski definition) is 1. The van der Waals surface area contributed by atoms with E-state index in [9.17, 15) is 9.59 Å². The Balaban J connectivity index is 1.81. The van der Waals surface area contributed by atoms with Crippen molar-refractivity contribution in [1.82, 2.24) is 4.98 Å². The van der Waals surface area contributed by atoms with Crippen molar-refractivity contribution in [1.29, 1.82) is 0 Å². The van der Waals surface area contributed by atoms with Gasteiger partial charge in [-0.2, -0.15) is 0 Å². The van der Waals surface area contributed by atoms with Crippen molar-refractivity contribution >= 4 is 33.1 Å². The first-order valence-electron chi connectivity index (χ1n) is 7.55. The van der Waals surface area contributed by atoms with Crippen molar-refractivity contribution in [2.45, 2.75) is 0 Å². The minimum absolute atomic E-state index is 0.304. The molecule has 4 rings (SSSR count). The summed E-state index contributed by atoms with van der Waals surface area (Å²) in [6.07, 6.45) is 1.62. The molecular formula is C19H12N2O3S. The minimum Gasteiger partial charge on any atom is -0.422 e. The number of thiazole rings is 1. The van der Waals surface area contributed by atoms with Gasteiger partial charge in [-0.25, -0.2) is 9.78 Å². The Bertz CT molecular complexity index is 1120. The van der Waals surface area contributed by atoms with Crippen molar-refractivity contribution in [3.63, 3.8) is 0 Å². The second kappa shape index (κ2) is 6.33. The lowest BCUT2D eigenvalue weighted by atomic mass is 10.0. The van der Waals surface area contributed by atoms with Crippen LogP contribution in [0.2, 0.25) is 0 Å². The highest BCUT2D eigenvalue weighted by Crippen LogP contribution is 2.26. The number of nitrogens with one attached hydrogen (secondary N) is 1. The first kappa shape index (κ1) is 15.3. The molecule has 1 amide bonds. The van der Waals surface area contributed by atoms with Gasteiger partial charge in [0.2, 0.25) is 0 Å². The van der Waals surface area contributed by atoms with E-state index in [1.165, 1.54) is 11.3 Å². The van der Waals surface area contributed by atoms with Crippen molar-refractivity contribution in [3.05, 3.63) is 82.2 Å². The van der Waals surface area contributed by atoms with E-state index in [4.69, 9.17) is 4.42 Å². The number of carbonyl (C=O) groups excluding carboxylic acids is 1. The molecule has 2 aromatic heterocycles. The predicted molar refractivity (Wildman–Crippen MR) is 98.0 cm³/mol. The van der Waals surface area contributed by atoms with Crippen LogP contribution >= 0.6 is 11.3 Å². The van der Waals surface area contributed by atoms with Gasteiger partial charge < -0.3 is 4.42 Å². The molecular weight excluding hydrogens is 336 g/mol. The third kappa shape index (κ3) is 2.95. The molecule has 0 atom stereocenters. The van der Waals surface area contributed by atoms with E-state index in [1.807, 2.05) is 12.1 Å². The van der Waals surface area contributed by atoms with E-state index in [1.54, 1.807) is 54.0 Å². The number of anilines is 1. The quantitative estimate of drug-likeness (QED) is 0.603. The van der Waals surface area contributed by atoms with E-state index < -0.39 is 5.63 Å². The molecule has 5 nitrogen and oxygen atoms in total. The average molecular weight is 348 g/mol. The number of benzene rings is 2. The van der Waals surface area contributed by atoms with Gasteiger partial charge in [0, 0.05) is 17.1 Å². The highest BCUT2D eigenvalue weighted by Gasteiger charge is 2.16. The molecule has 0 spiro atoms. The molecule has 0 unspecified atom stereocenters. The number of hydrogen-bond acceptors (Lipinski definition) is 5. The zero-order valence-corrected chi connectivity index (χ0v) is 13.7. The van der Waals surface area contributed by atoms with Gasteiger partial charge in [-0.05, 0) is 23.6 Å². The summed E-state index contributed by atoms with van der Waals surface area (Å²) in [5.74, 6) is 0.0509. The van der Waals surface area contributed by atoms with Crippen molar-refractivity contribution in [2.24, 2.45) is 0 Å². The SMILES string of the molecule is O=C(Nc1nccs1)c1ccccc1-c1cc2ccccc2c(=O)o1. The van der Waals surface area contributed by atoms with Crippen LogP contribution < -0.4 is 10.9 Å². The maximum absolute atomic E-state index is 12.6. The van der Waals surface area contributed by atoms with Crippen molar-refractivity contribution < 1.29 is 9.21 Å². The van der Waals surface area contributed by atoms with Crippen LogP contribution in [0.25, 0.3) is 22.1 Å². The Hall–Kier alpha value is -3.25. The first-order valence-corrected chi connectivity index (χ1v) is 8.43. The average Bonchev–Trinajstić information content (AvgIpc) is 3.14. The summed E-state index contributed by atoms with van der Waals surface area (Å²) in [5.41, 5.74) is 0.541. The molecule has 122 valence electrons. The molecule has 0 aliphatic heterocycles. The van der Waals surface area contributed by atoms with E-state index in [0.717, 1.165) is 5.39 Å². The Morgan fingerprint density at radius 1 is 1.08 bits per heavy atom. The second-order valence-corrected chi connectivity index (χ2v) is 6.22. The molecule has 0 saturated heterocycles. The van der Waals surface area contributed by atoms with E-state index >= 15 is 0 Å². The van der Waals surface area contributed by atoms with E-state index in [-0.39, 0.29) is 5.91 Å². The molecule has 0 radical (unpaired) electrons. The Morgan fingerprint density at radius 2 is 1.88 bits per heavy atom. The van der Waals surface area contributed by atoms with Crippen LogP contribution in [0.5, 0.6) is 0 Å². The third-order valence-corrected chi connectivity index (χ3v) is 4.45. The zero-order valence-electron chi connectivity index (χ0n) is 12.9. The summed E-state index contributed by atoms with van der Waals surface area (Å²) < 4.78 is 5.45. The smallest absolute Gasteiger partial charge is 0.344 e. The molecule has 0 aliphatic carbocycles. The summed E-state index contributed by atoms with van der Waals surface area (Å²) in [4.78, 5) is 28.9.